The monoisotopic (exact) mass is 129 g/mol. The van der Waals surface area contributed by atoms with Crippen molar-refractivity contribution < 1.29 is 4.92 Å². The minimum atomic E-state index is -0.366. The van der Waals surface area contributed by atoms with Crippen LogP contribution in [0, 0.1) is 16.7 Å². The summed E-state index contributed by atoms with van der Waals surface area (Å²) >= 11 is 0. The van der Waals surface area contributed by atoms with Crippen LogP contribution in [0.4, 0.5) is 0 Å². The third kappa shape index (κ3) is 1.38. The summed E-state index contributed by atoms with van der Waals surface area (Å²) in [6.07, 6.45) is 0.587. The summed E-state index contributed by atoms with van der Waals surface area (Å²) in [6, 6.07) is -0.366. The Morgan fingerprint density at radius 1 is 1.89 bits per heavy atom. The van der Waals surface area contributed by atoms with Gasteiger partial charge in [-0.15, -0.1) is 0 Å². The first-order valence-corrected chi connectivity index (χ1v) is 2.87. The Bertz CT molecular complexity index is 126. The van der Waals surface area contributed by atoms with Crippen LogP contribution in [0.3, 0.4) is 0 Å². The Morgan fingerprint density at radius 3 is 2.78 bits per heavy atom. The van der Waals surface area contributed by atoms with E-state index < -0.39 is 0 Å². The van der Waals surface area contributed by atoms with Crippen molar-refractivity contribution in [2.75, 3.05) is 13.6 Å². The molecule has 0 aromatic rings. The van der Waals surface area contributed by atoms with E-state index in [0.717, 1.165) is 0 Å². The lowest BCUT2D eigenvalue weighted by Gasteiger charge is -2.02. The molecule has 1 unspecified atom stereocenters. The van der Waals surface area contributed by atoms with E-state index in [-0.39, 0.29) is 11.0 Å². The Labute approximate surface area is 53.6 Å². The lowest BCUT2D eigenvalue weighted by molar-refractivity contribution is -0.517. The van der Waals surface area contributed by atoms with Crippen molar-refractivity contribution in [2.45, 2.75) is 12.5 Å². The van der Waals surface area contributed by atoms with E-state index in [4.69, 9.17) is 0 Å². The van der Waals surface area contributed by atoms with E-state index in [2.05, 4.69) is 0 Å². The quantitative estimate of drug-likeness (QED) is 0.373. The molecule has 0 N–H and O–H groups in total. The lowest BCUT2D eigenvalue weighted by Crippen LogP contribution is -2.22. The molecule has 0 spiro atoms. The molecule has 1 heterocycles. The van der Waals surface area contributed by atoms with E-state index >= 15 is 0 Å². The minimum Gasteiger partial charge on any atom is -0.295 e. The number of likely N-dealkylation sites (tertiary alicyclic amines) is 1. The maximum absolute atomic E-state index is 10.1. The van der Waals surface area contributed by atoms with Gasteiger partial charge in [0.05, 0.1) is 6.54 Å². The third-order valence-corrected chi connectivity index (χ3v) is 1.49. The summed E-state index contributed by atoms with van der Waals surface area (Å²) in [5, 5.41) is 10.1. The lowest BCUT2D eigenvalue weighted by atomic mass is 10.3. The van der Waals surface area contributed by atoms with Crippen molar-refractivity contribution in [3.05, 3.63) is 16.7 Å². The molecule has 0 aliphatic carbocycles. The van der Waals surface area contributed by atoms with Crippen LogP contribution in [-0.2, 0) is 0 Å². The van der Waals surface area contributed by atoms with Gasteiger partial charge in [-0.25, -0.2) is 0 Å². The topological polar surface area (TPSA) is 46.4 Å². The maximum Gasteiger partial charge on any atom is 0.227 e. The fourth-order valence-corrected chi connectivity index (χ4v) is 0.936. The van der Waals surface area contributed by atoms with Crippen LogP contribution in [0.25, 0.3) is 0 Å². The maximum atomic E-state index is 10.1. The molecule has 1 radical (unpaired) electrons. The van der Waals surface area contributed by atoms with Crippen LogP contribution in [0.5, 0.6) is 0 Å². The molecule has 1 fully saturated rings. The standard InChI is InChI=1S/C5H9N2O2/c1-6-3-2-5(4-6)7(8)9/h3,5H,2,4H2,1H3. The van der Waals surface area contributed by atoms with E-state index in [0.29, 0.717) is 13.0 Å². The van der Waals surface area contributed by atoms with Gasteiger partial charge in [0.2, 0.25) is 6.04 Å². The van der Waals surface area contributed by atoms with Crippen molar-refractivity contribution in [2.24, 2.45) is 0 Å². The Hall–Kier alpha value is -0.640. The first kappa shape index (κ1) is 6.48. The second-order valence-electron chi connectivity index (χ2n) is 2.30. The third-order valence-electron chi connectivity index (χ3n) is 1.49. The first-order valence-electron chi connectivity index (χ1n) is 2.87. The van der Waals surface area contributed by atoms with Gasteiger partial charge in [0.25, 0.3) is 0 Å². The highest BCUT2D eigenvalue weighted by Gasteiger charge is 2.28. The average Bonchev–Trinajstić information content (AvgIpc) is 2.14. The van der Waals surface area contributed by atoms with Gasteiger partial charge >= 0.3 is 0 Å². The molecule has 1 aliphatic rings. The van der Waals surface area contributed by atoms with Crippen LogP contribution in [0.1, 0.15) is 6.42 Å². The molecular formula is C5H9N2O2. The summed E-state index contributed by atoms with van der Waals surface area (Å²) in [7, 11) is 1.85. The van der Waals surface area contributed by atoms with Gasteiger partial charge in [0.15, 0.2) is 0 Å². The number of nitro groups is 1. The molecule has 0 aromatic heterocycles. The summed E-state index contributed by atoms with van der Waals surface area (Å²) in [5.74, 6) is 0. The normalized spacial score (nSPS) is 28.8. The van der Waals surface area contributed by atoms with Crippen molar-refractivity contribution >= 4 is 0 Å². The van der Waals surface area contributed by atoms with E-state index in [9.17, 15) is 10.1 Å². The molecule has 9 heavy (non-hydrogen) atoms. The van der Waals surface area contributed by atoms with Gasteiger partial charge < -0.3 is 0 Å². The highest BCUT2D eigenvalue weighted by Crippen LogP contribution is 2.12. The molecule has 4 nitrogen and oxygen atoms in total. The Balaban J connectivity index is 2.39. The van der Waals surface area contributed by atoms with Gasteiger partial charge in [0.1, 0.15) is 0 Å². The number of hydrogen-bond donors (Lipinski definition) is 0. The highest BCUT2D eigenvalue weighted by molar-refractivity contribution is 4.81. The molecule has 0 bridgehead atoms. The molecule has 51 valence electrons. The number of hydrogen-bond acceptors (Lipinski definition) is 3. The van der Waals surface area contributed by atoms with Crippen LogP contribution in [0.15, 0.2) is 0 Å². The molecule has 0 saturated carbocycles. The van der Waals surface area contributed by atoms with Crippen molar-refractivity contribution in [1.82, 2.24) is 4.90 Å². The highest BCUT2D eigenvalue weighted by atomic mass is 16.6. The predicted molar refractivity (Wildman–Crippen MR) is 32.3 cm³/mol. The zero-order valence-corrected chi connectivity index (χ0v) is 5.28. The Kier molecular flexibility index (Phi) is 1.66. The predicted octanol–water partition coefficient (Wildman–Crippen LogP) is 0.129. The largest absolute Gasteiger partial charge is 0.295 e. The molecule has 1 aliphatic heterocycles. The summed E-state index contributed by atoms with van der Waals surface area (Å²) in [4.78, 5) is 11.7. The molecule has 4 heteroatoms. The zero-order valence-electron chi connectivity index (χ0n) is 5.28. The second-order valence-corrected chi connectivity index (χ2v) is 2.30. The minimum absolute atomic E-state index is 0.222. The fraction of sp³-hybridized carbons (Fsp3) is 0.800. The number of nitrogens with zero attached hydrogens (tertiary/aromatic N) is 2. The van der Waals surface area contributed by atoms with E-state index in [1.54, 1.807) is 0 Å². The molecule has 1 saturated heterocycles. The van der Waals surface area contributed by atoms with Crippen molar-refractivity contribution in [3.63, 3.8) is 0 Å². The van der Waals surface area contributed by atoms with Gasteiger partial charge in [0, 0.05) is 17.9 Å². The van der Waals surface area contributed by atoms with Crippen molar-refractivity contribution in [1.29, 1.82) is 0 Å². The van der Waals surface area contributed by atoms with E-state index in [1.165, 1.54) is 0 Å². The zero-order chi connectivity index (χ0) is 6.85. The molecular weight excluding hydrogens is 120 g/mol. The average molecular weight is 129 g/mol. The molecule has 0 amide bonds. The smallest absolute Gasteiger partial charge is 0.227 e. The van der Waals surface area contributed by atoms with Crippen LogP contribution in [-0.4, -0.2) is 29.5 Å². The van der Waals surface area contributed by atoms with Crippen LogP contribution < -0.4 is 0 Å². The summed E-state index contributed by atoms with van der Waals surface area (Å²) in [5.41, 5.74) is 0. The van der Waals surface area contributed by atoms with Gasteiger partial charge in [-0.1, -0.05) is 0 Å². The molecule has 1 rings (SSSR count). The van der Waals surface area contributed by atoms with Crippen molar-refractivity contribution in [3.8, 4) is 0 Å². The van der Waals surface area contributed by atoms with E-state index in [1.807, 2.05) is 18.5 Å². The SMILES string of the molecule is CN1[CH]CC([N+](=O)[O-])C1. The molecule has 0 aromatic carbocycles. The van der Waals surface area contributed by atoms with Gasteiger partial charge in [-0.2, -0.15) is 0 Å². The van der Waals surface area contributed by atoms with Crippen LogP contribution >= 0.6 is 0 Å². The summed E-state index contributed by atoms with van der Waals surface area (Å²) in [6.45, 7) is 2.42. The first-order chi connectivity index (χ1) is 4.20. The van der Waals surface area contributed by atoms with Gasteiger partial charge in [-0.05, 0) is 7.05 Å². The summed E-state index contributed by atoms with van der Waals surface area (Å²) < 4.78 is 0. The molecule has 1 atom stereocenters. The Morgan fingerprint density at radius 2 is 2.56 bits per heavy atom. The number of rotatable bonds is 1. The van der Waals surface area contributed by atoms with Crippen LogP contribution in [0.2, 0.25) is 0 Å². The number of likely N-dealkylation sites (N-methyl/N-ethyl adjacent to an activating group) is 1. The van der Waals surface area contributed by atoms with Gasteiger partial charge in [-0.3, -0.25) is 15.0 Å². The fourth-order valence-electron chi connectivity index (χ4n) is 0.936. The second kappa shape index (κ2) is 2.31.